The van der Waals surface area contributed by atoms with Crippen LogP contribution >= 0.6 is 0 Å². The van der Waals surface area contributed by atoms with Gasteiger partial charge in [-0.05, 0) is 78.5 Å². The molecule has 0 bridgehead atoms. The summed E-state index contributed by atoms with van der Waals surface area (Å²) in [6, 6.07) is 4.65. The zero-order valence-corrected chi connectivity index (χ0v) is 14.4. The van der Waals surface area contributed by atoms with Gasteiger partial charge < -0.3 is 5.11 Å². The summed E-state index contributed by atoms with van der Waals surface area (Å²) in [5, 5.41) is 9.63. The van der Waals surface area contributed by atoms with E-state index in [4.69, 9.17) is 0 Å². The van der Waals surface area contributed by atoms with Gasteiger partial charge in [0.05, 0.1) is 6.61 Å². The predicted molar refractivity (Wildman–Crippen MR) is 91.4 cm³/mol. The van der Waals surface area contributed by atoms with Crippen molar-refractivity contribution in [1.82, 2.24) is 0 Å². The molecule has 1 aromatic rings. The van der Waals surface area contributed by atoms with E-state index in [2.05, 4.69) is 26.0 Å². The average Bonchev–Trinajstić information content (AvgIpc) is 2.88. The van der Waals surface area contributed by atoms with Gasteiger partial charge in [0.25, 0.3) is 0 Å². The van der Waals surface area contributed by atoms with E-state index in [-0.39, 0.29) is 12.0 Å². The molecule has 4 atom stereocenters. The molecule has 2 nitrogen and oxygen atoms in total. The SMILES string of the molecule is CCc1cc2c(cc1CO)CCC1C2CC[C@]2(C)C(=O)CCC12. The van der Waals surface area contributed by atoms with Crippen LogP contribution in [0.5, 0.6) is 0 Å². The van der Waals surface area contributed by atoms with Crippen molar-refractivity contribution < 1.29 is 9.90 Å². The molecule has 4 rings (SSSR count). The molecule has 0 heterocycles. The normalized spacial score (nSPS) is 35.6. The maximum Gasteiger partial charge on any atom is 0.139 e. The maximum atomic E-state index is 12.4. The standard InChI is InChI=1S/C21H28O2/c1-3-13-11-18-14(10-15(13)12-22)4-5-17-16(18)8-9-21(2)19(17)6-7-20(21)23/h10-11,16-17,19,22H,3-9,12H2,1-2H3/t16?,17?,19?,21-/m0/s1. The molecule has 0 aliphatic heterocycles. The van der Waals surface area contributed by atoms with E-state index in [1.165, 1.54) is 23.1 Å². The fourth-order valence-electron chi connectivity index (χ4n) is 5.97. The lowest BCUT2D eigenvalue weighted by Crippen LogP contribution is -2.42. The Hall–Kier alpha value is -1.15. The second-order valence-electron chi connectivity index (χ2n) is 8.16. The molecule has 2 heteroatoms. The lowest BCUT2D eigenvalue weighted by atomic mass is 9.55. The number of fused-ring (bicyclic) bond motifs is 5. The first kappa shape index (κ1) is 15.4. The number of aliphatic hydroxyl groups excluding tert-OH is 1. The van der Waals surface area contributed by atoms with E-state index in [0.717, 1.165) is 44.1 Å². The second-order valence-corrected chi connectivity index (χ2v) is 8.16. The minimum atomic E-state index is -0.0305. The van der Waals surface area contributed by atoms with Crippen LogP contribution < -0.4 is 0 Å². The minimum absolute atomic E-state index is 0.0305. The molecular weight excluding hydrogens is 284 g/mol. The number of aliphatic hydroxyl groups is 1. The van der Waals surface area contributed by atoms with Crippen molar-refractivity contribution in [2.75, 3.05) is 0 Å². The topological polar surface area (TPSA) is 37.3 Å². The molecule has 3 aliphatic carbocycles. The van der Waals surface area contributed by atoms with Crippen molar-refractivity contribution in [2.45, 2.75) is 71.3 Å². The quantitative estimate of drug-likeness (QED) is 0.890. The van der Waals surface area contributed by atoms with Crippen LogP contribution in [0.4, 0.5) is 0 Å². The lowest BCUT2D eigenvalue weighted by molar-refractivity contribution is -0.129. The molecule has 0 saturated heterocycles. The summed E-state index contributed by atoms with van der Waals surface area (Å²) in [4.78, 5) is 12.4. The summed E-state index contributed by atoms with van der Waals surface area (Å²) in [5.74, 6) is 2.46. The van der Waals surface area contributed by atoms with Crippen molar-refractivity contribution in [3.63, 3.8) is 0 Å². The van der Waals surface area contributed by atoms with Crippen LogP contribution in [0.2, 0.25) is 0 Å². The number of rotatable bonds is 2. The second kappa shape index (κ2) is 5.44. The van der Waals surface area contributed by atoms with Crippen LogP contribution in [0.15, 0.2) is 12.1 Å². The zero-order valence-electron chi connectivity index (χ0n) is 14.4. The third-order valence-corrected chi connectivity index (χ3v) is 7.31. The van der Waals surface area contributed by atoms with Crippen LogP contribution in [0.1, 0.15) is 74.1 Å². The van der Waals surface area contributed by atoms with E-state index in [0.29, 0.717) is 23.5 Å². The minimum Gasteiger partial charge on any atom is -0.392 e. The zero-order chi connectivity index (χ0) is 16.2. The molecule has 0 aromatic heterocycles. The molecule has 3 unspecified atom stereocenters. The van der Waals surface area contributed by atoms with E-state index < -0.39 is 0 Å². The summed E-state index contributed by atoms with van der Waals surface area (Å²) in [7, 11) is 0. The lowest BCUT2D eigenvalue weighted by Gasteiger charge is -2.48. The van der Waals surface area contributed by atoms with Crippen LogP contribution in [-0.2, 0) is 24.2 Å². The van der Waals surface area contributed by atoms with E-state index in [9.17, 15) is 9.90 Å². The van der Waals surface area contributed by atoms with Gasteiger partial charge in [0.1, 0.15) is 5.78 Å². The highest BCUT2D eigenvalue weighted by molar-refractivity contribution is 5.87. The highest BCUT2D eigenvalue weighted by Gasteiger charge is 2.54. The van der Waals surface area contributed by atoms with Gasteiger partial charge in [-0.3, -0.25) is 4.79 Å². The number of aryl methyl sites for hydroxylation is 2. The Morgan fingerprint density at radius 1 is 1.17 bits per heavy atom. The Kier molecular flexibility index (Phi) is 3.64. The van der Waals surface area contributed by atoms with Gasteiger partial charge in [-0.15, -0.1) is 0 Å². The predicted octanol–water partition coefficient (Wildman–Crippen LogP) is 4.17. The largest absolute Gasteiger partial charge is 0.392 e. The van der Waals surface area contributed by atoms with Gasteiger partial charge in [0.2, 0.25) is 0 Å². The average molecular weight is 312 g/mol. The van der Waals surface area contributed by atoms with Crippen LogP contribution in [0.3, 0.4) is 0 Å². The third-order valence-electron chi connectivity index (χ3n) is 7.31. The Morgan fingerprint density at radius 2 is 2.00 bits per heavy atom. The van der Waals surface area contributed by atoms with E-state index >= 15 is 0 Å². The molecule has 23 heavy (non-hydrogen) atoms. The molecule has 1 N–H and O–H groups in total. The first-order valence-corrected chi connectivity index (χ1v) is 9.37. The summed E-state index contributed by atoms with van der Waals surface area (Å²) in [5.41, 5.74) is 5.39. The van der Waals surface area contributed by atoms with Crippen LogP contribution in [-0.4, -0.2) is 10.9 Å². The third kappa shape index (κ3) is 2.14. The molecular formula is C21H28O2. The number of ketones is 1. The van der Waals surface area contributed by atoms with Crippen LogP contribution in [0.25, 0.3) is 0 Å². The van der Waals surface area contributed by atoms with Crippen molar-refractivity contribution in [1.29, 1.82) is 0 Å². The molecule has 0 spiro atoms. The molecule has 124 valence electrons. The van der Waals surface area contributed by atoms with Gasteiger partial charge in [-0.2, -0.15) is 0 Å². The first-order valence-electron chi connectivity index (χ1n) is 9.37. The molecule has 0 radical (unpaired) electrons. The molecule has 3 aliphatic rings. The Morgan fingerprint density at radius 3 is 2.74 bits per heavy atom. The monoisotopic (exact) mass is 312 g/mol. The van der Waals surface area contributed by atoms with Gasteiger partial charge in [0.15, 0.2) is 0 Å². The summed E-state index contributed by atoms with van der Waals surface area (Å²) < 4.78 is 0. The molecule has 1 aromatic carbocycles. The maximum absolute atomic E-state index is 12.4. The molecule has 0 amide bonds. The Balaban J connectivity index is 1.73. The van der Waals surface area contributed by atoms with Gasteiger partial charge >= 0.3 is 0 Å². The van der Waals surface area contributed by atoms with Crippen molar-refractivity contribution >= 4 is 5.78 Å². The van der Waals surface area contributed by atoms with Crippen molar-refractivity contribution in [2.24, 2.45) is 17.3 Å². The smallest absolute Gasteiger partial charge is 0.139 e. The number of hydrogen-bond donors (Lipinski definition) is 1. The fraction of sp³-hybridized carbons (Fsp3) is 0.667. The van der Waals surface area contributed by atoms with E-state index in [1.807, 2.05) is 0 Å². The van der Waals surface area contributed by atoms with Gasteiger partial charge in [-0.1, -0.05) is 26.0 Å². The summed E-state index contributed by atoms with van der Waals surface area (Å²) >= 11 is 0. The Labute approximate surface area is 139 Å². The number of Topliss-reactive ketones (excluding diaryl/α,β-unsaturated/α-hetero) is 1. The number of hydrogen-bond acceptors (Lipinski definition) is 2. The van der Waals surface area contributed by atoms with Crippen molar-refractivity contribution in [3.8, 4) is 0 Å². The fourth-order valence-corrected chi connectivity index (χ4v) is 5.97. The van der Waals surface area contributed by atoms with Gasteiger partial charge in [-0.25, -0.2) is 0 Å². The number of carbonyl (C=O) groups excluding carboxylic acids is 1. The number of carbonyl (C=O) groups is 1. The highest BCUT2D eigenvalue weighted by atomic mass is 16.3. The van der Waals surface area contributed by atoms with E-state index in [1.54, 1.807) is 0 Å². The van der Waals surface area contributed by atoms with Gasteiger partial charge in [0, 0.05) is 11.8 Å². The van der Waals surface area contributed by atoms with Crippen molar-refractivity contribution in [3.05, 3.63) is 34.4 Å². The summed E-state index contributed by atoms with van der Waals surface area (Å²) in [6.45, 7) is 4.57. The number of benzene rings is 1. The molecule has 2 fully saturated rings. The first-order chi connectivity index (χ1) is 11.1. The van der Waals surface area contributed by atoms with Crippen LogP contribution in [0, 0.1) is 17.3 Å². The summed E-state index contributed by atoms with van der Waals surface area (Å²) in [6.07, 6.45) is 7.48. The Bertz CT molecular complexity index is 647. The molecule has 2 saturated carbocycles. The highest BCUT2D eigenvalue weighted by Crippen LogP contribution is 2.59.